The van der Waals surface area contributed by atoms with Gasteiger partial charge in [-0.1, -0.05) is 102 Å². The van der Waals surface area contributed by atoms with Gasteiger partial charge in [-0.05, 0) is 71.6 Å². The van der Waals surface area contributed by atoms with Crippen molar-refractivity contribution >= 4 is 91.1 Å². The van der Waals surface area contributed by atoms with Gasteiger partial charge in [-0.15, -0.1) is 20.5 Å². The normalized spacial score (nSPS) is 12.1. The van der Waals surface area contributed by atoms with E-state index in [-0.39, 0.29) is 118 Å². The van der Waals surface area contributed by atoms with Gasteiger partial charge in [0, 0.05) is 41.4 Å². The summed E-state index contributed by atoms with van der Waals surface area (Å²) in [7, 11) is -14.7. The second-order valence-corrected chi connectivity index (χ2v) is 19.9. The molecular weight excluding hydrogens is 948 g/mol. The monoisotopic (exact) mass is 981 g/mol. The summed E-state index contributed by atoms with van der Waals surface area (Å²) in [6, 6.07) is 36.4. The number of carbonyl (C=O) groups excluding carboxylic acids is 1. The Hall–Kier alpha value is -5.24. The molecule has 0 fully saturated rings. The number of aryl methyl sites for hydroxylation is 1. The van der Waals surface area contributed by atoms with Gasteiger partial charge in [0.05, 0.1) is 37.0 Å². The van der Waals surface area contributed by atoms with Crippen molar-refractivity contribution < 1.29 is 100 Å². The van der Waals surface area contributed by atoms with Gasteiger partial charge in [-0.25, -0.2) is 25.3 Å². The van der Waals surface area contributed by atoms with Crippen molar-refractivity contribution in [3.8, 4) is 17.2 Å². The summed E-state index contributed by atoms with van der Waals surface area (Å²) >= 11 is 0.888. The Kier molecular flexibility index (Phi) is 19.3. The van der Waals surface area contributed by atoms with Gasteiger partial charge in [-0.2, -0.15) is 5.26 Å². The number of nitrogens with one attached hydrogen (secondary N) is 2. The van der Waals surface area contributed by atoms with Crippen LogP contribution in [-0.2, 0) is 35.1 Å². The topological polar surface area (TPSA) is 286 Å². The molecule has 69 heavy (non-hydrogen) atoms. The number of amides is 1. The average molecular weight is 982 g/mol. The molecule has 0 saturated heterocycles. The van der Waals surface area contributed by atoms with Crippen molar-refractivity contribution in [1.82, 2.24) is 0 Å². The summed E-state index contributed by atoms with van der Waals surface area (Å²) in [5.74, 6) is -1.35. The number of thiophene rings is 1. The Morgan fingerprint density at radius 1 is 0.681 bits per heavy atom. The van der Waals surface area contributed by atoms with Crippen LogP contribution in [0.15, 0.2) is 158 Å². The van der Waals surface area contributed by atoms with Crippen LogP contribution in [0, 0.1) is 18.3 Å². The Balaban J connectivity index is 0.00000346. The zero-order chi connectivity index (χ0) is 47.4. The first kappa shape index (κ1) is 56.4. The number of hydrogen-bond acceptors (Lipinski definition) is 17. The number of benzene rings is 6. The standard InChI is InChI=1S/C45H37N7O10S4.3Li/c1-27-11-13-30(14-12-27)42(31-15-18-33(19-16-31)47-21-22-64(54,55)56)32-17-20-38(39(23-32)48-28(2)53)50-51-44-37(26-46)43(29-7-4-3-5-8-29)45(63-44)52-49-34-24-36-35(41(25-34)66(60,61)62)9-6-10-40(36)65(57,58)59;;;/h3-20,23-25,42,47H,21-22H2,1-2H3,(H,48,53)(H,54,55,56)(H,57,58,59)(H,60,61,62);;;/q;3*+1/p-3. The zero-order valence-electron chi connectivity index (χ0n) is 37.6. The molecule has 0 aliphatic carbocycles. The minimum absolute atomic E-state index is 0. The molecule has 336 valence electrons. The molecule has 7 aromatic rings. The number of carbonyl (C=O) groups is 1. The summed E-state index contributed by atoms with van der Waals surface area (Å²) in [6.45, 7) is 3.23. The van der Waals surface area contributed by atoms with E-state index in [0.29, 0.717) is 11.3 Å². The summed E-state index contributed by atoms with van der Waals surface area (Å²) < 4.78 is 107. The minimum atomic E-state index is -5.21. The van der Waals surface area contributed by atoms with Crippen molar-refractivity contribution in [2.75, 3.05) is 22.9 Å². The van der Waals surface area contributed by atoms with E-state index in [1.807, 2.05) is 49.4 Å². The van der Waals surface area contributed by atoms with Crippen LogP contribution >= 0.6 is 11.3 Å². The largest absolute Gasteiger partial charge is 1.00 e. The van der Waals surface area contributed by atoms with Crippen molar-refractivity contribution in [3.63, 3.8) is 0 Å². The molecule has 0 saturated carbocycles. The van der Waals surface area contributed by atoms with Crippen LogP contribution < -0.4 is 67.2 Å². The quantitative estimate of drug-likeness (QED) is 0.0615. The van der Waals surface area contributed by atoms with Crippen LogP contribution in [-0.4, -0.2) is 57.1 Å². The van der Waals surface area contributed by atoms with Crippen LogP contribution in [0.5, 0.6) is 0 Å². The van der Waals surface area contributed by atoms with Gasteiger partial charge < -0.3 is 24.3 Å². The maximum absolute atomic E-state index is 12.6. The molecule has 0 radical (unpaired) electrons. The predicted octanol–water partition coefficient (Wildman–Crippen LogP) is 0.495. The van der Waals surface area contributed by atoms with Crippen molar-refractivity contribution in [3.05, 3.63) is 155 Å². The molecule has 2 N–H and O–H groups in total. The first-order chi connectivity index (χ1) is 31.3. The molecule has 6 aromatic carbocycles. The maximum Gasteiger partial charge on any atom is 1.00 e. The third-order valence-corrected chi connectivity index (χ3v) is 13.4. The molecule has 1 heterocycles. The second kappa shape index (κ2) is 23.6. The van der Waals surface area contributed by atoms with E-state index < -0.39 is 51.8 Å². The van der Waals surface area contributed by atoms with E-state index in [9.17, 15) is 49.0 Å². The Morgan fingerprint density at radius 2 is 1.29 bits per heavy atom. The van der Waals surface area contributed by atoms with Gasteiger partial charge in [0.15, 0.2) is 5.00 Å². The van der Waals surface area contributed by atoms with E-state index >= 15 is 0 Å². The Bertz CT molecular complexity index is 3470. The molecule has 1 unspecified atom stereocenters. The summed E-state index contributed by atoms with van der Waals surface area (Å²) in [4.78, 5) is 11.0. The summed E-state index contributed by atoms with van der Waals surface area (Å²) in [6.07, 6.45) is 0. The van der Waals surface area contributed by atoms with E-state index in [4.69, 9.17) is 0 Å². The fraction of sp³-hybridized carbons (Fsp3) is 0.111. The molecule has 1 atom stereocenters. The van der Waals surface area contributed by atoms with Crippen LogP contribution in [0.4, 0.5) is 32.8 Å². The summed E-state index contributed by atoms with van der Waals surface area (Å²) in [5, 5.41) is 33.1. The molecule has 0 spiro atoms. The van der Waals surface area contributed by atoms with Gasteiger partial charge in [0.25, 0.3) is 0 Å². The van der Waals surface area contributed by atoms with Crippen LogP contribution in [0.2, 0.25) is 0 Å². The van der Waals surface area contributed by atoms with Crippen LogP contribution in [0.3, 0.4) is 0 Å². The van der Waals surface area contributed by atoms with E-state index in [2.05, 4.69) is 37.2 Å². The second-order valence-electron chi connectivity index (χ2n) is 14.7. The molecular formula is C45H34Li3N7O10S4. The smallest absolute Gasteiger partial charge is 0.748 e. The molecule has 1 amide bonds. The van der Waals surface area contributed by atoms with Crippen LogP contribution in [0.25, 0.3) is 21.9 Å². The molecule has 24 heteroatoms. The molecule has 1 aromatic heterocycles. The number of azo groups is 2. The minimum Gasteiger partial charge on any atom is -0.748 e. The first-order valence-electron chi connectivity index (χ1n) is 19.5. The Labute approximate surface area is 438 Å². The van der Waals surface area contributed by atoms with Gasteiger partial charge >= 0.3 is 56.6 Å². The third kappa shape index (κ3) is 14.0. The first-order valence-corrected chi connectivity index (χ1v) is 24.7. The zero-order valence-corrected chi connectivity index (χ0v) is 40.8. The molecule has 0 bridgehead atoms. The fourth-order valence-corrected chi connectivity index (χ4v) is 9.75. The molecule has 0 aliphatic heterocycles. The number of hydrogen-bond donors (Lipinski definition) is 2. The van der Waals surface area contributed by atoms with Gasteiger partial charge in [0.2, 0.25) is 5.91 Å². The average Bonchev–Trinajstić information content (AvgIpc) is 3.62. The number of nitriles is 1. The Morgan fingerprint density at radius 3 is 1.88 bits per heavy atom. The maximum atomic E-state index is 12.6. The summed E-state index contributed by atoms with van der Waals surface area (Å²) in [5.41, 5.74) is 5.22. The van der Waals surface area contributed by atoms with E-state index in [0.717, 1.165) is 57.9 Å². The van der Waals surface area contributed by atoms with Crippen LogP contribution in [0.1, 0.15) is 40.7 Å². The molecule has 0 aliphatic rings. The van der Waals surface area contributed by atoms with Gasteiger partial charge in [0.1, 0.15) is 42.6 Å². The van der Waals surface area contributed by atoms with E-state index in [1.54, 1.807) is 54.6 Å². The SMILES string of the molecule is CC(=O)Nc1cc(C(c2ccc(C)cc2)c2ccc(NCCS(=O)(=O)[O-])cc2)ccc1N=Nc1sc(N=Nc2cc(S(=O)(=O)[O-])c3cccc(S(=O)(=O)[O-])c3c2)c(-c2ccccc2)c1C#N.[Li+].[Li+].[Li+]. The third-order valence-electron chi connectivity index (χ3n) is 9.99. The molecule has 17 nitrogen and oxygen atoms in total. The van der Waals surface area contributed by atoms with Crippen molar-refractivity contribution in [1.29, 1.82) is 5.26 Å². The number of anilines is 2. The number of nitrogens with zero attached hydrogens (tertiary/aromatic N) is 5. The number of rotatable bonds is 15. The van der Waals surface area contributed by atoms with Crippen molar-refractivity contribution in [2.45, 2.75) is 29.6 Å². The predicted molar refractivity (Wildman–Crippen MR) is 245 cm³/mol. The van der Waals surface area contributed by atoms with Crippen molar-refractivity contribution in [2.24, 2.45) is 20.5 Å². The number of fused-ring (bicyclic) bond motifs is 1. The molecule has 7 rings (SSSR count). The van der Waals surface area contributed by atoms with Gasteiger partial charge in [-0.3, -0.25) is 4.79 Å². The fourth-order valence-electron chi connectivity index (χ4n) is 7.08. The van der Waals surface area contributed by atoms with E-state index in [1.165, 1.54) is 13.0 Å².